The number of likely N-dealkylation sites (tertiary alicyclic amines) is 1. The van der Waals surface area contributed by atoms with Gasteiger partial charge in [-0.05, 0) is 49.1 Å². The van der Waals surface area contributed by atoms with Gasteiger partial charge in [0, 0.05) is 18.8 Å². The SMILES string of the molecule is CC1CCCN(C(=O)c2ccc(Nc3cccc(C#N)c3)cn2)C1. The Bertz CT molecular complexity index is 764. The molecule has 1 aliphatic heterocycles. The van der Waals surface area contributed by atoms with Crippen LogP contribution in [0.1, 0.15) is 35.8 Å². The van der Waals surface area contributed by atoms with Gasteiger partial charge in [0.05, 0.1) is 23.5 Å². The summed E-state index contributed by atoms with van der Waals surface area (Å²) in [6.07, 6.45) is 3.89. The van der Waals surface area contributed by atoms with Crippen molar-refractivity contribution in [2.45, 2.75) is 19.8 Å². The molecule has 0 bridgehead atoms. The number of carbonyl (C=O) groups is 1. The van der Waals surface area contributed by atoms with Crippen LogP contribution in [0.15, 0.2) is 42.6 Å². The van der Waals surface area contributed by atoms with E-state index in [2.05, 4.69) is 23.3 Å². The first-order chi connectivity index (χ1) is 11.7. The van der Waals surface area contributed by atoms with Crippen LogP contribution in [0, 0.1) is 17.2 Å². The number of rotatable bonds is 3. The van der Waals surface area contributed by atoms with Crippen molar-refractivity contribution in [3.63, 3.8) is 0 Å². The van der Waals surface area contributed by atoms with Gasteiger partial charge in [0.2, 0.25) is 0 Å². The van der Waals surface area contributed by atoms with E-state index in [0.717, 1.165) is 30.9 Å². The van der Waals surface area contributed by atoms with Crippen molar-refractivity contribution in [1.82, 2.24) is 9.88 Å². The molecule has 0 saturated carbocycles. The van der Waals surface area contributed by atoms with Crippen molar-refractivity contribution < 1.29 is 4.79 Å². The van der Waals surface area contributed by atoms with Crippen LogP contribution in [0.5, 0.6) is 0 Å². The summed E-state index contributed by atoms with van der Waals surface area (Å²) >= 11 is 0. The highest BCUT2D eigenvalue weighted by Gasteiger charge is 2.22. The predicted octanol–water partition coefficient (Wildman–Crippen LogP) is 3.57. The van der Waals surface area contributed by atoms with Crippen molar-refractivity contribution in [2.75, 3.05) is 18.4 Å². The fourth-order valence-electron chi connectivity index (χ4n) is 2.96. The summed E-state index contributed by atoms with van der Waals surface area (Å²) in [6.45, 7) is 3.79. The smallest absolute Gasteiger partial charge is 0.272 e. The molecule has 2 aromatic rings. The van der Waals surface area contributed by atoms with Crippen molar-refractivity contribution in [1.29, 1.82) is 5.26 Å². The zero-order valence-electron chi connectivity index (χ0n) is 13.7. The molecule has 1 aromatic carbocycles. The van der Waals surface area contributed by atoms with E-state index in [1.54, 1.807) is 24.4 Å². The molecular formula is C19H20N4O. The Hall–Kier alpha value is -2.87. The van der Waals surface area contributed by atoms with Crippen molar-refractivity contribution >= 4 is 17.3 Å². The third-order valence-corrected chi connectivity index (χ3v) is 4.21. The topological polar surface area (TPSA) is 69.0 Å². The Labute approximate surface area is 141 Å². The standard InChI is InChI=1S/C19H20N4O/c1-14-4-3-9-23(13-14)19(24)18-8-7-17(12-21-18)22-16-6-2-5-15(10-16)11-20/h2,5-8,10,12,14,22H,3-4,9,13H2,1H3. The van der Waals surface area contributed by atoms with Crippen LogP contribution in [-0.2, 0) is 0 Å². The highest BCUT2D eigenvalue weighted by Crippen LogP contribution is 2.19. The summed E-state index contributed by atoms with van der Waals surface area (Å²) in [4.78, 5) is 18.7. The Balaban J connectivity index is 1.68. The number of nitriles is 1. The van der Waals surface area contributed by atoms with Gasteiger partial charge in [0.15, 0.2) is 0 Å². The minimum Gasteiger partial charge on any atom is -0.354 e. The van der Waals surface area contributed by atoms with E-state index in [0.29, 0.717) is 17.2 Å². The number of nitrogens with one attached hydrogen (secondary N) is 1. The van der Waals surface area contributed by atoms with Crippen LogP contribution in [0.25, 0.3) is 0 Å². The van der Waals surface area contributed by atoms with E-state index in [1.165, 1.54) is 6.42 Å². The van der Waals surface area contributed by atoms with E-state index in [1.807, 2.05) is 23.1 Å². The van der Waals surface area contributed by atoms with Gasteiger partial charge >= 0.3 is 0 Å². The van der Waals surface area contributed by atoms with E-state index in [-0.39, 0.29) is 5.91 Å². The van der Waals surface area contributed by atoms with Crippen LogP contribution in [0.4, 0.5) is 11.4 Å². The Kier molecular flexibility index (Phi) is 4.76. The largest absolute Gasteiger partial charge is 0.354 e. The lowest BCUT2D eigenvalue weighted by atomic mass is 10.00. The maximum Gasteiger partial charge on any atom is 0.272 e. The summed E-state index contributed by atoms with van der Waals surface area (Å²) in [7, 11) is 0. The molecule has 0 aliphatic carbocycles. The second-order valence-corrected chi connectivity index (χ2v) is 6.25. The molecule has 1 saturated heterocycles. The molecule has 1 atom stereocenters. The average Bonchev–Trinajstić information content (AvgIpc) is 2.62. The lowest BCUT2D eigenvalue weighted by Crippen LogP contribution is -2.39. The van der Waals surface area contributed by atoms with Crippen LogP contribution >= 0.6 is 0 Å². The molecule has 1 aliphatic rings. The molecule has 1 unspecified atom stereocenters. The fraction of sp³-hybridized carbons (Fsp3) is 0.316. The lowest BCUT2D eigenvalue weighted by Gasteiger charge is -2.30. The molecular weight excluding hydrogens is 300 g/mol. The van der Waals surface area contributed by atoms with E-state index >= 15 is 0 Å². The molecule has 3 rings (SSSR count). The van der Waals surface area contributed by atoms with Gasteiger partial charge in [-0.1, -0.05) is 13.0 Å². The summed E-state index contributed by atoms with van der Waals surface area (Å²) in [5.74, 6) is 0.552. The quantitative estimate of drug-likeness (QED) is 0.938. The second kappa shape index (κ2) is 7.14. The summed E-state index contributed by atoms with van der Waals surface area (Å²) in [5, 5.41) is 12.1. The lowest BCUT2D eigenvalue weighted by molar-refractivity contribution is 0.0677. The molecule has 122 valence electrons. The van der Waals surface area contributed by atoms with Crippen LogP contribution in [-0.4, -0.2) is 28.9 Å². The Morgan fingerprint density at radius 3 is 2.92 bits per heavy atom. The molecule has 1 amide bonds. The first kappa shape index (κ1) is 16.0. The number of piperidine rings is 1. The molecule has 0 spiro atoms. The maximum atomic E-state index is 12.5. The predicted molar refractivity (Wildman–Crippen MR) is 93.0 cm³/mol. The average molecular weight is 320 g/mol. The molecule has 5 nitrogen and oxygen atoms in total. The van der Waals surface area contributed by atoms with Crippen molar-refractivity contribution in [3.8, 4) is 6.07 Å². The van der Waals surface area contributed by atoms with Crippen LogP contribution in [0.3, 0.4) is 0 Å². The number of anilines is 2. The number of aromatic nitrogens is 1. The molecule has 24 heavy (non-hydrogen) atoms. The van der Waals surface area contributed by atoms with Gasteiger partial charge in [-0.15, -0.1) is 0 Å². The molecule has 1 N–H and O–H groups in total. The van der Waals surface area contributed by atoms with Gasteiger partial charge in [-0.2, -0.15) is 5.26 Å². The molecule has 2 heterocycles. The third kappa shape index (κ3) is 3.72. The number of pyridine rings is 1. The zero-order valence-corrected chi connectivity index (χ0v) is 13.7. The molecule has 1 aromatic heterocycles. The fourth-order valence-corrected chi connectivity index (χ4v) is 2.96. The Morgan fingerprint density at radius 2 is 2.21 bits per heavy atom. The van der Waals surface area contributed by atoms with E-state index < -0.39 is 0 Å². The van der Waals surface area contributed by atoms with Gasteiger partial charge in [-0.25, -0.2) is 4.98 Å². The highest BCUT2D eigenvalue weighted by molar-refractivity contribution is 5.92. The first-order valence-electron chi connectivity index (χ1n) is 8.18. The normalized spacial score (nSPS) is 17.2. The van der Waals surface area contributed by atoms with Gasteiger partial charge < -0.3 is 10.2 Å². The molecule has 5 heteroatoms. The van der Waals surface area contributed by atoms with E-state index in [9.17, 15) is 4.79 Å². The number of hydrogen-bond acceptors (Lipinski definition) is 4. The second-order valence-electron chi connectivity index (χ2n) is 6.25. The number of amides is 1. The number of hydrogen-bond donors (Lipinski definition) is 1. The number of benzene rings is 1. The summed E-state index contributed by atoms with van der Waals surface area (Å²) in [5.41, 5.74) is 2.67. The summed E-state index contributed by atoms with van der Waals surface area (Å²) in [6, 6.07) is 12.9. The van der Waals surface area contributed by atoms with Gasteiger partial charge in [0.25, 0.3) is 5.91 Å². The monoisotopic (exact) mass is 320 g/mol. The highest BCUT2D eigenvalue weighted by atomic mass is 16.2. The van der Waals surface area contributed by atoms with Crippen molar-refractivity contribution in [2.24, 2.45) is 5.92 Å². The van der Waals surface area contributed by atoms with E-state index in [4.69, 9.17) is 5.26 Å². The van der Waals surface area contributed by atoms with Crippen molar-refractivity contribution in [3.05, 3.63) is 53.9 Å². The van der Waals surface area contributed by atoms with Gasteiger partial charge in [0.1, 0.15) is 5.69 Å². The van der Waals surface area contributed by atoms with Crippen LogP contribution in [0.2, 0.25) is 0 Å². The third-order valence-electron chi connectivity index (χ3n) is 4.21. The Morgan fingerprint density at radius 1 is 1.33 bits per heavy atom. The zero-order chi connectivity index (χ0) is 16.9. The maximum absolute atomic E-state index is 12.5. The van der Waals surface area contributed by atoms with Gasteiger partial charge in [-0.3, -0.25) is 4.79 Å². The molecule has 1 fully saturated rings. The molecule has 0 radical (unpaired) electrons. The number of nitrogens with zero attached hydrogens (tertiary/aromatic N) is 3. The summed E-state index contributed by atoms with van der Waals surface area (Å²) < 4.78 is 0. The van der Waals surface area contributed by atoms with Crippen LogP contribution < -0.4 is 5.32 Å². The minimum atomic E-state index is -0.000391. The first-order valence-corrected chi connectivity index (χ1v) is 8.18. The number of carbonyl (C=O) groups excluding carboxylic acids is 1. The minimum absolute atomic E-state index is 0.000391.